The van der Waals surface area contributed by atoms with E-state index in [0.29, 0.717) is 0 Å². The Labute approximate surface area is 126 Å². The van der Waals surface area contributed by atoms with Gasteiger partial charge in [-0.3, -0.25) is 0 Å². The fraction of sp³-hybridized carbons (Fsp3) is 0.333. The van der Waals surface area contributed by atoms with Crippen LogP contribution in [0.3, 0.4) is 0 Å². The largest absolute Gasteiger partial charge is 0.496 e. The van der Waals surface area contributed by atoms with E-state index in [4.69, 9.17) is 4.74 Å². The van der Waals surface area contributed by atoms with Gasteiger partial charge in [0.25, 0.3) is 0 Å². The minimum atomic E-state index is -0.190. The molecule has 0 saturated carbocycles. The Hall–Kier alpha value is -1.87. The van der Waals surface area contributed by atoms with Crippen LogP contribution in [-0.2, 0) is 6.42 Å². The third-order valence-corrected chi connectivity index (χ3v) is 3.63. The molecule has 3 heteroatoms. The van der Waals surface area contributed by atoms with Crippen molar-refractivity contribution in [3.05, 3.63) is 65.0 Å². The maximum absolute atomic E-state index is 12.9. The molecule has 2 aromatic carbocycles. The Morgan fingerprint density at radius 2 is 1.86 bits per heavy atom. The fourth-order valence-corrected chi connectivity index (χ4v) is 2.39. The highest BCUT2D eigenvalue weighted by Gasteiger charge is 2.10. The molecule has 1 atom stereocenters. The smallest absolute Gasteiger partial charge is 0.123 e. The van der Waals surface area contributed by atoms with E-state index < -0.39 is 0 Å². The number of hydrogen-bond donors (Lipinski definition) is 1. The summed E-state index contributed by atoms with van der Waals surface area (Å²) in [6.07, 6.45) is 0.874. The number of nitrogens with one attached hydrogen (secondary N) is 1. The van der Waals surface area contributed by atoms with Gasteiger partial charge in [-0.15, -0.1) is 0 Å². The van der Waals surface area contributed by atoms with E-state index in [9.17, 15) is 4.39 Å². The van der Waals surface area contributed by atoms with Crippen LogP contribution < -0.4 is 10.1 Å². The zero-order valence-electron chi connectivity index (χ0n) is 12.8. The van der Waals surface area contributed by atoms with Gasteiger partial charge in [0, 0.05) is 11.6 Å². The van der Waals surface area contributed by atoms with Crippen molar-refractivity contribution < 1.29 is 9.13 Å². The van der Waals surface area contributed by atoms with E-state index in [-0.39, 0.29) is 11.9 Å². The maximum atomic E-state index is 12.9. The minimum Gasteiger partial charge on any atom is -0.496 e. The number of aryl methyl sites for hydroxylation is 1. The van der Waals surface area contributed by atoms with Crippen molar-refractivity contribution in [2.45, 2.75) is 26.3 Å². The Bertz CT molecular complexity index is 580. The molecule has 112 valence electrons. The maximum Gasteiger partial charge on any atom is 0.123 e. The first-order chi connectivity index (χ1) is 10.1. The van der Waals surface area contributed by atoms with Gasteiger partial charge in [-0.1, -0.05) is 29.8 Å². The first-order valence-electron chi connectivity index (χ1n) is 7.22. The van der Waals surface area contributed by atoms with E-state index in [1.807, 2.05) is 24.3 Å². The lowest BCUT2D eigenvalue weighted by Crippen LogP contribution is -2.22. The number of rotatable bonds is 6. The van der Waals surface area contributed by atoms with Crippen LogP contribution in [0.15, 0.2) is 42.5 Å². The van der Waals surface area contributed by atoms with Crippen molar-refractivity contribution in [2.24, 2.45) is 0 Å². The molecule has 2 rings (SSSR count). The average molecular weight is 287 g/mol. The van der Waals surface area contributed by atoms with Crippen LogP contribution >= 0.6 is 0 Å². The second-order valence-electron chi connectivity index (χ2n) is 5.30. The van der Waals surface area contributed by atoms with Crippen LogP contribution in [0.25, 0.3) is 0 Å². The summed E-state index contributed by atoms with van der Waals surface area (Å²) in [7, 11) is 1.69. The molecule has 2 nitrogen and oxygen atoms in total. The van der Waals surface area contributed by atoms with Gasteiger partial charge in [0.05, 0.1) is 7.11 Å². The molecule has 0 saturated heterocycles. The fourth-order valence-electron chi connectivity index (χ4n) is 2.39. The SMILES string of the molecule is COc1ccc(C)cc1C(C)NCCc1ccc(F)cc1. The summed E-state index contributed by atoms with van der Waals surface area (Å²) in [5.41, 5.74) is 3.52. The molecule has 0 aliphatic rings. The van der Waals surface area contributed by atoms with Gasteiger partial charge < -0.3 is 10.1 Å². The molecular formula is C18H22FNO. The number of methoxy groups -OCH3 is 1. The van der Waals surface area contributed by atoms with Gasteiger partial charge in [0.2, 0.25) is 0 Å². The molecule has 1 unspecified atom stereocenters. The standard InChI is InChI=1S/C18H22FNO/c1-13-4-9-18(21-3)17(12-13)14(2)20-11-10-15-5-7-16(19)8-6-15/h4-9,12,14,20H,10-11H2,1-3H3. The minimum absolute atomic E-state index is 0.190. The highest BCUT2D eigenvalue weighted by molar-refractivity contribution is 5.38. The Balaban J connectivity index is 1.94. The van der Waals surface area contributed by atoms with Crippen LogP contribution in [-0.4, -0.2) is 13.7 Å². The van der Waals surface area contributed by atoms with Gasteiger partial charge in [0.1, 0.15) is 11.6 Å². The molecule has 1 N–H and O–H groups in total. The van der Waals surface area contributed by atoms with E-state index in [2.05, 4.69) is 25.2 Å². The molecular weight excluding hydrogens is 265 g/mol. The van der Waals surface area contributed by atoms with E-state index >= 15 is 0 Å². The molecule has 0 radical (unpaired) electrons. The van der Waals surface area contributed by atoms with Gasteiger partial charge in [0.15, 0.2) is 0 Å². The summed E-state index contributed by atoms with van der Waals surface area (Å²) in [4.78, 5) is 0. The normalized spacial score (nSPS) is 12.2. The number of ether oxygens (including phenoxy) is 1. The summed E-state index contributed by atoms with van der Waals surface area (Å²) in [5, 5.41) is 3.49. The van der Waals surface area contributed by atoms with Crippen LogP contribution in [0.1, 0.15) is 29.7 Å². The highest BCUT2D eigenvalue weighted by Crippen LogP contribution is 2.25. The summed E-state index contributed by atoms with van der Waals surface area (Å²) >= 11 is 0. The summed E-state index contributed by atoms with van der Waals surface area (Å²) in [5.74, 6) is 0.715. The summed E-state index contributed by atoms with van der Waals surface area (Å²) < 4.78 is 18.3. The molecule has 0 aliphatic carbocycles. The Morgan fingerprint density at radius 1 is 1.14 bits per heavy atom. The summed E-state index contributed by atoms with van der Waals surface area (Å²) in [6.45, 7) is 5.04. The monoisotopic (exact) mass is 287 g/mol. The average Bonchev–Trinajstić information content (AvgIpc) is 2.49. The van der Waals surface area contributed by atoms with Crippen LogP contribution in [0.2, 0.25) is 0 Å². The third-order valence-electron chi connectivity index (χ3n) is 3.63. The Kier molecular flexibility index (Phi) is 5.34. The second kappa shape index (κ2) is 7.23. The first kappa shape index (κ1) is 15.5. The highest BCUT2D eigenvalue weighted by atomic mass is 19.1. The van der Waals surface area contributed by atoms with Crippen molar-refractivity contribution in [1.29, 1.82) is 0 Å². The van der Waals surface area contributed by atoms with Crippen molar-refractivity contribution in [3.63, 3.8) is 0 Å². The molecule has 0 fully saturated rings. The number of benzene rings is 2. The van der Waals surface area contributed by atoms with Crippen LogP contribution in [0.5, 0.6) is 5.75 Å². The molecule has 2 aromatic rings. The summed E-state index contributed by atoms with van der Waals surface area (Å²) in [6, 6.07) is 13.1. The molecule has 21 heavy (non-hydrogen) atoms. The Morgan fingerprint density at radius 3 is 2.52 bits per heavy atom. The first-order valence-corrected chi connectivity index (χ1v) is 7.22. The molecule has 0 aromatic heterocycles. The van der Waals surface area contributed by atoms with E-state index in [0.717, 1.165) is 29.8 Å². The van der Waals surface area contributed by atoms with Crippen molar-refractivity contribution >= 4 is 0 Å². The van der Waals surface area contributed by atoms with Crippen molar-refractivity contribution in [1.82, 2.24) is 5.32 Å². The van der Waals surface area contributed by atoms with Gasteiger partial charge in [-0.2, -0.15) is 0 Å². The topological polar surface area (TPSA) is 21.3 Å². The molecule has 0 aliphatic heterocycles. The quantitative estimate of drug-likeness (QED) is 0.866. The number of halogens is 1. The zero-order chi connectivity index (χ0) is 15.2. The predicted octanol–water partition coefficient (Wildman–Crippen LogP) is 4.04. The van der Waals surface area contributed by atoms with Gasteiger partial charge in [-0.25, -0.2) is 4.39 Å². The molecule has 0 heterocycles. The van der Waals surface area contributed by atoms with Crippen molar-refractivity contribution in [3.8, 4) is 5.75 Å². The predicted molar refractivity (Wildman–Crippen MR) is 84.3 cm³/mol. The lowest BCUT2D eigenvalue weighted by Gasteiger charge is -2.18. The number of hydrogen-bond acceptors (Lipinski definition) is 2. The van der Waals surface area contributed by atoms with E-state index in [1.54, 1.807) is 7.11 Å². The van der Waals surface area contributed by atoms with Gasteiger partial charge in [-0.05, 0) is 50.6 Å². The van der Waals surface area contributed by atoms with Crippen molar-refractivity contribution in [2.75, 3.05) is 13.7 Å². The molecule has 0 bridgehead atoms. The van der Waals surface area contributed by atoms with E-state index in [1.165, 1.54) is 17.7 Å². The second-order valence-corrected chi connectivity index (χ2v) is 5.30. The van der Waals surface area contributed by atoms with Crippen LogP contribution in [0.4, 0.5) is 4.39 Å². The van der Waals surface area contributed by atoms with Gasteiger partial charge >= 0.3 is 0 Å². The zero-order valence-corrected chi connectivity index (χ0v) is 12.8. The lowest BCUT2D eigenvalue weighted by molar-refractivity contribution is 0.401. The molecule has 0 amide bonds. The molecule has 0 spiro atoms. The third kappa shape index (κ3) is 4.30. The van der Waals surface area contributed by atoms with Crippen LogP contribution in [0, 0.1) is 12.7 Å². The lowest BCUT2D eigenvalue weighted by atomic mass is 10.0.